The van der Waals surface area contributed by atoms with Crippen LogP contribution in [0.3, 0.4) is 0 Å². The Balaban J connectivity index is 2.29. The summed E-state index contributed by atoms with van der Waals surface area (Å²) < 4.78 is 40.1. The molecule has 6 nitrogen and oxygen atoms in total. The van der Waals surface area contributed by atoms with Gasteiger partial charge in [-0.1, -0.05) is 0 Å². The molecule has 0 spiro atoms. The Bertz CT molecular complexity index is 683. The van der Waals surface area contributed by atoms with E-state index in [0.717, 1.165) is 6.07 Å². The summed E-state index contributed by atoms with van der Waals surface area (Å²) in [6.07, 6.45) is 2.90. The third-order valence-corrected chi connectivity index (χ3v) is 3.94. The zero-order valence-corrected chi connectivity index (χ0v) is 11.0. The van der Waals surface area contributed by atoms with Crippen LogP contribution in [0, 0.1) is 12.7 Å². The van der Waals surface area contributed by atoms with Crippen LogP contribution in [0.2, 0.25) is 0 Å². The lowest BCUT2D eigenvalue weighted by molar-refractivity contribution is 0.552. The maximum atomic E-state index is 13.8. The predicted molar refractivity (Wildman–Crippen MR) is 68.2 cm³/mol. The van der Waals surface area contributed by atoms with E-state index in [1.807, 2.05) is 0 Å². The van der Waals surface area contributed by atoms with Gasteiger partial charge in [0.1, 0.15) is 10.7 Å². The number of halogens is 1. The van der Waals surface area contributed by atoms with Crippen molar-refractivity contribution in [3.05, 3.63) is 41.7 Å². The van der Waals surface area contributed by atoms with E-state index >= 15 is 0 Å². The molecule has 1 aromatic heterocycles. The zero-order valence-electron chi connectivity index (χ0n) is 10.1. The average Bonchev–Trinajstić information content (AvgIpc) is 2.84. The second kappa shape index (κ2) is 4.98. The van der Waals surface area contributed by atoms with E-state index in [2.05, 4.69) is 14.7 Å². The van der Waals surface area contributed by atoms with Crippen molar-refractivity contribution in [2.24, 2.45) is 0 Å². The number of aromatic nitrogens is 2. The van der Waals surface area contributed by atoms with Gasteiger partial charge in [-0.25, -0.2) is 22.5 Å². The summed E-state index contributed by atoms with van der Waals surface area (Å²) in [6, 6.07) is 2.47. The van der Waals surface area contributed by atoms with E-state index in [-0.39, 0.29) is 17.8 Å². The second-order valence-corrected chi connectivity index (χ2v) is 5.79. The standard InChI is InChI=1S/C11H13FN4O2S/c1-7-2-8(13)3-10(11(7)12)19(17,18)16-5-9-4-14-6-15-9/h2-4,6,16H,5,13H2,1H3,(H,14,15). The monoisotopic (exact) mass is 284 g/mol. The second-order valence-electron chi connectivity index (χ2n) is 4.05. The Labute approximate surface area is 109 Å². The molecule has 4 N–H and O–H groups in total. The van der Waals surface area contributed by atoms with Crippen LogP contribution in [0.4, 0.5) is 10.1 Å². The van der Waals surface area contributed by atoms with Crippen LogP contribution in [-0.4, -0.2) is 18.4 Å². The van der Waals surface area contributed by atoms with Crippen LogP contribution in [0.1, 0.15) is 11.3 Å². The third kappa shape index (κ3) is 2.91. The molecule has 0 aliphatic rings. The van der Waals surface area contributed by atoms with Crippen LogP contribution in [0.15, 0.2) is 29.6 Å². The number of nitrogen functional groups attached to an aromatic ring is 1. The van der Waals surface area contributed by atoms with E-state index in [4.69, 9.17) is 5.73 Å². The van der Waals surface area contributed by atoms with Gasteiger partial charge in [0, 0.05) is 17.6 Å². The molecular weight excluding hydrogens is 271 g/mol. The molecule has 8 heteroatoms. The first-order chi connectivity index (χ1) is 8.90. The summed E-state index contributed by atoms with van der Waals surface area (Å²) in [5.74, 6) is -0.800. The number of nitrogens with zero attached hydrogens (tertiary/aromatic N) is 1. The molecule has 19 heavy (non-hydrogen) atoms. The maximum Gasteiger partial charge on any atom is 0.243 e. The fraction of sp³-hybridized carbons (Fsp3) is 0.182. The molecule has 1 aromatic carbocycles. The molecule has 0 unspecified atom stereocenters. The number of H-pyrrole nitrogens is 1. The van der Waals surface area contributed by atoms with Crippen molar-refractivity contribution in [1.29, 1.82) is 0 Å². The van der Waals surface area contributed by atoms with Crippen molar-refractivity contribution < 1.29 is 12.8 Å². The number of hydrogen-bond acceptors (Lipinski definition) is 4. The van der Waals surface area contributed by atoms with E-state index in [0.29, 0.717) is 5.69 Å². The number of hydrogen-bond donors (Lipinski definition) is 3. The number of rotatable bonds is 4. The smallest absolute Gasteiger partial charge is 0.243 e. The lowest BCUT2D eigenvalue weighted by Crippen LogP contribution is -2.24. The molecule has 102 valence electrons. The first-order valence-electron chi connectivity index (χ1n) is 5.42. The molecule has 0 saturated heterocycles. The molecule has 0 bridgehead atoms. The molecule has 0 fully saturated rings. The minimum Gasteiger partial charge on any atom is -0.399 e. The Hall–Kier alpha value is -1.93. The Morgan fingerprint density at radius 1 is 1.47 bits per heavy atom. The number of benzene rings is 1. The molecule has 1 heterocycles. The fourth-order valence-corrected chi connectivity index (χ4v) is 2.78. The van der Waals surface area contributed by atoms with Crippen LogP contribution in [-0.2, 0) is 16.6 Å². The van der Waals surface area contributed by atoms with Gasteiger partial charge < -0.3 is 10.7 Å². The molecule has 0 aliphatic heterocycles. The topological polar surface area (TPSA) is 101 Å². The Morgan fingerprint density at radius 2 is 2.21 bits per heavy atom. The normalized spacial score (nSPS) is 11.7. The fourth-order valence-electron chi connectivity index (χ4n) is 1.59. The van der Waals surface area contributed by atoms with Crippen LogP contribution >= 0.6 is 0 Å². The number of nitrogens with one attached hydrogen (secondary N) is 2. The van der Waals surface area contributed by atoms with Gasteiger partial charge in [-0.2, -0.15) is 0 Å². The van der Waals surface area contributed by atoms with Gasteiger partial charge >= 0.3 is 0 Å². The van der Waals surface area contributed by atoms with Crippen molar-refractivity contribution in [3.63, 3.8) is 0 Å². The number of aryl methyl sites for hydroxylation is 1. The molecule has 0 atom stereocenters. The Kier molecular flexibility index (Phi) is 3.54. The van der Waals surface area contributed by atoms with Gasteiger partial charge in [-0.05, 0) is 24.6 Å². The van der Waals surface area contributed by atoms with Crippen molar-refractivity contribution in [2.75, 3.05) is 5.73 Å². The minimum absolute atomic E-state index is 0.00435. The van der Waals surface area contributed by atoms with Gasteiger partial charge in [0.05, 0.1) is 12.9 Å². The predicted octanol–water partition coefficient (Wildman–Crippen LogP) is 0.918. The van der Waals surface area contributed by atoms with Crippen LogP contribution < -0.4 is 10.5 Å². The number of nitrogens with two attached hydrogens (primary N) is 1. The van der Waals surface area contributed by atoms with E-state index in [9.17, 15) is 12.8 Å². The molecule has 0 radical (unpaired) electrons. The largest absolute Gasteiger partial charge is 0.399 e. The number of aromatic amines is 1. The van der Waals surface area contributed by atoms with Gasteiger partial charge in [-0.15, -0.1) is 0 Å². The average molecular weight is 284 g/mol. The summed E-state index contributed by atoms with van der Waals surface area (Å²) >= 11 is 0. The lowest BCUT2D eigenvalue weighted by Gasteiger charge is -2.09. The van der Waals surface area contributed by atoms with E-state index < -0.39 is 20.7 Å². The van der Waals surface area contributed by atoms with Crippen molar-refractivity contribution >= 4 is 15.7 Å². The third-order valence-electron chi connectivity index (χ3n) is 2.54. The molecule has 0 amide bonds. The highest BCUT2D eigenvalue weighted by Gasteiger charge is 2.21. The lowest BCUT2D eigenvalue weighted by atomic mass is 10.2. The van der Waals surface area contributed by atoms with Gasteiger partial charge in [0.25, 0.3) is 0 Å². The van der Waals surface area contributed by atoms with Crippen molar-refractivity contribution in [3.8, 4) is 0 Å². The van der Waals surface area contributed by atoms with Crippen molar-refractivity contribution in [1.82, 2.24) is 14.7 Å². The Morgan fingerprint density at radius 3 is 2.84 bits per heavy atom. The number of imidazole rings is 1. The highest BCUT2D eigenvalue weighted by atomic mass is 32.2. The number of anilines is 1. The van der Waals surface area contributed by atoms with Crippen LogP contribution in [0.5, 0.6) is 0 Å². The highest BCUT2D eigenvalue weighted by Crippen LogP contribution is 2.21. The summed E-state index contributed by atoms with van der Waals surface area (Å²) in [5, 5.41) is 0. The summed E-state index contributed by atoms with van der Waals surface area (Å²) in [5.41, 5.74) is 6.49. The van der Waals surface area contributed by atoms with Crippen molar-refractivity contribution in [2.45, 2.75) is 18.4 Å². The molecule has 2 aromatic rings. The number of sulfonamides is 1. The van der Waals surface area contributed by atoms with Crippen LogP contribution in [0.25, 0.3) is 0 Å². The summed E-state index contributed by atoms with van der Waals surface area (Å²) in [7, 11) is -3.96. The quantitative estimate of drug-likeness (QED) is 0.727. The summed E-state index contributed by atoms with van der Waals surface area (Å²) in [6.45, 7) is 1.45. The molecule has 0 saturated carbocycles. The zero-order chi connectivity index (χ0) is 14.0. The highest BCUT2D eigenvalue weighted by molar-refractivity contribution is 7.89. The summed E-state index contributed by atoms with van der Waals surface area (Å²) in [4.78, 5) is 6.04. The minimum atomic E-state index is -3.96. The first kappa shape index (κ1) is 13.5. The molecule has 0 aliphatic carbocycles. The SMILES string of the molecule is Cc1cc(N)cc(S(=O)(=O)NCc2cnc[nH]2)c1F. The first-order valence-corrected chi connectivity index (χ1v) is 6.91. The van der Waals surface area contributed by atoms with Gasteiger partial charge in [0.15, 0.2) is 0 Å². The van der Waals surface area contributed by atoms with E-state index in [1.54, 1.807) is 0 Å². The molecular formula is C11H13FN4O2S. The van der Waals surface area contributed by atoms with E-state index in [1.165, 1.54) is 25.5 Å². The maximum absolute atomic E-state index is 13.8. The van der Waals surface area contributed by atoms with Gasteiger partial charge in [-0.3, -0.25) is 0 Å². The van der Waals surface area contributed by atoms with Gasteiger partial charge in [0.2, 0.25) is 10.0 Å². The molecule has 2 rings (SSSR count).